The quantitative estimate of drug-likeness (QED) is 0.502. The zero-order valence-electron chi connectivity index (χ0n) is 20.3. The van der Waals surface area contributed by atoms with Crippen molar-refractivity contribution >= 4 is 17.3 Å². The first-order chi connectivity index (χ1) is 17.8. The lowest BCUT2D eigenvalue weighted by Crippen LogP contribution is -2.33. The van der Waals surface area contributed by atoms with Crippen molar-refractivity contribution in [2.24, 2.45) is 0 Å². The first-order valence-corrected chi connectivity index (χ1v) is 12.2. The van der Waals surface area contributed by atoms with Gasteiger partial charge in [-0.1, -0.05) is 12.1 Å². The lowest BCUT2D eigenvalue weighted by atomic mass is 9.90. The summed E-state index contributed by atoms with van der Waals surface area (Å²) < 4.78 is 39.7. The highest BCUT2D eigenvalue weighted by Gasteiger charge is 2.52. The molecule has 2 unspecified atom stereocenters. The van der Waals surface area contributed by atoms with Crippen molar-refractivity contribution in [1.82, 2.24) is 19.5 Å². The van der Waals surface area contributed by atoms with Crippen LogP contribution in [0.25, 0.3) is 17.1 Å². The van der Waals surface area contributed by atoms with Gasteiger partial charge in [-0.2, -0.15) is 0 Å². The number of amides is 1. The summed E-state index contributed by atoms with van der Waals surface area (Å²) in [6.45, 7) is 4.06. The molecular formula is C27H25F2N5O3. The highest BCUT2D eigenvalue weighted by atomic mass is 19.3. The average molecular weight is 506 g/mol. The second-order valence-corrected chi connectivity index (χ2v) is 9.67. The monoisotopic (exact) mass is 505 g/mol. The molecule has 1 aliphatic heterocycles. The molecule has 1 saturated carbocycles. The number of hydrogen-bond acceptors (Lipinski definition) is 6. The maximum atomic E-state index is 14.0. The fourth-order valence-corrected chi connectivity index (χ4v) is 4.62. The molecule has 3 aromatic rings. The Morgan fingerprint density at radius 1 is 1.16 bits per heavy atom. The van der Waals surface area contributed by atoms with Crippen molar-refractivity contribution in [2.45, 2.75) is 57.2 Å². The fourth-order valence-electron chi connectivity index (χ4n) is 4.62. The number of alkyl halides is 2. The topological polar surface area (TPSA) is 91.2 Å². The van der Waals surface area contributed by atoms with Gasteiger partial charge in [0.1, 0.15) is 23.7 Å². The van der Waals surface area contributed by atoms with Crippen LogP contribution in [0.2, 0.25) is 0 Å². The molecule has 2 atom stereocenters. The van der Waals surface area contributed by atoms with Crippen LogP contribution in [0, 0.1) is 0 Å². The summed E-state index contributed by atoms with van der Waals surface area (Å²) in [5.41, 5.74) is 2.86. The number of pyridine rings is 2. The van der Waals surface area contributed by atoms with E-state index in [9.17, 15) is 13.6 Å². The normalized spacial score (nSPS) is 22.4. The van der Waals surface area contributed by atoms with E-state index in [0.717, 1.165) is 18.5 Å². The Morgan fingerprint density at radius 3 is 2.73 bits per heavy atom. The maximum Gasteiger partial charge on any atom is 0.486 e. The predicted octanol–water partition coefficient (Wildman–Crippen LogP) is 5.09. The molecule has 1 N–H and O–H groups in total. The number of allylic oxidation sites excluding steroid dienone is 2. The molecule has 1 saturated heterocycles. The van der Waals surface area contributed by atoms with E-state index < -0.39 is 24.4 Å². The van der Waals surface area contributed by atoms with Crippen molar-refractivity contribution in [3.05, 3.63) is 77.9 Å². The van der Waals surface area contributed by atoms with Gasteiger partial charge in [0.15, 0.2) is 5.82 Å². The van der Waals surface area contributed by atoms with Crippen LogP contribution in [0.5, 0.6) is 0 Å². The van der Waals surface area contributed by atoms with Crippen LogP contribution in [-0.4, -0.2) is 43.9 Å². The molecule has 1 amide bonds. The third kappa shape index (κ3) is 4.70. The summed E-state index contributed by atoms with van der Waals surface area (Å²) in [7, 11) is 0. The highest BCUT2D eigenvalue weighted by molar-refractivity contribution is 6.06. The second-order valence-electron chi connectivity index (χ2n) is 9.67. The molecule has 3 aliphatic rings. The molecule has 8 nitrogen and oxygen atoms in total. The lowest BCUT2D eigenvalue weighted by molar-refractivity contribution is -0.347. The van der Waals surface area contributed by atoms with Crippen LogP contribution in [0.3, 0.4) is 0 Å². The van der Waals surface area contributed by atoms with Gasteiger partial charge in [0.25, 0.3) is 5.91 Å². The Kier molecular flexibility index (Phi) is 5.73. The Balaban J connectivity index is 1.29. The van der Waals surface area contributed by atoms with E-state index in [0.29, 0.717) is 28.6 Å². The number of aromatic nitrogens is 4. The molecular weight excluding hydrogens is 480 g/mol. The number of rotatable bonds is 6. The number of hydrogen-bond donors (Lipinski definition) is 1. The molecule has 0 spiro atoms. The zero-order chi connectivity index (χ0) is 25.7. The number of carbonyl (C=O) groups is 1. The first-order valence-electron chi connectivity index (χ1n) is 12.2. The molecule has 37 heavy (non-hydrogen) atoms. The predicted molar refractivity (Wildman–Crippen MR) is 131 cm³/mol. The average Bonchev–Trinajstić information content (AvgIpc) is 3.50. The summed E-state index contributed by atoms with van der Waals surface area (Å²) in [6.07, 6.45) is 4.38. The largest absolute Gasteiger partial charge is 0.486 e. The van der Waals surface area contributed by atoms with Gasteiger partial charge >= 0.3 is 6.29 Å². The Bertz CT molecular complexity index is 1410. The molecule has 190 valence electrons. The number of nitrogens with zero attached hydrogens (tertiary/aromatic N) is 4. The zero-order valence-corrected chi connectivity index (χ0v) is 20.3. The van der Waals surface area contributed by atoms with E-state index in [1.54, 1.807) is 42.7 Å². The van der Waals surface area contributed by atoms with Crippen LogP contribution >= 0.6 is 0 Å². The summed E-state index contributed by atoms with van der Waals surface area (Å²) in [5, 5.41) is 2.73. The van der Waals surface area contributed by atoms with Gasteiger partial charge in [-0.05, 0) is 68.2 Å². The summed E-state index contributed by atoms with van der Waals surface area (Å²) in [6, 6.07) is 9.15. The molecule has 3 aromatic heterocycles. The van der Waals surface area contributed by atoms with Crippen molar-refractivity contribution in [3.63, 3.8) is 0 Å². The molecule has 4 heterocycles. The highest BCUT2D eigenvalue weighted by Crippen LogP contribution is 2.42. The summed E-state index contributed by atoms with van der Waals surface area (Å²) in [5.74, 6) is 0.794. The van der Waals surface area contributed by atoms with Gasteiger partial charge < -0.3 is 9.88 Å². The van der Waals surface area contributed by atoms with E-state index in [4.69, 9.17) is 9.47 Å². The van der Waals surface area contributed by atoms with Crippen molar-refractivity contribution in [3.8, 4) is 11.5 Å². The van der Waals surface area contributed by atoms with E-state index in [2.05, 4.69) is 20.3 Å². The minimum absolute atomic E-state index is 0.0156. The van der Waals surface area contributed by atoms with Gasteiger partial charge in [-0.25, -0.2) is 9.97 Å². The molecule has 0 aromatic carbocycles. The SMILES string of the molecule is CC(C)n1ccnc1-c1cccc(NC(=O)C2=CC(c3ccc(C4CC4)nc3)=CC3OC(F)(F)OC23)n1. The molecule has 10 heteroatoms. The van der Waals surface area contributed by atoms with E-state index in [1.807, 2.05) is 36.7 Å². The Labute approximate surface area is 212 Å². The summed E-state index contributed by atoms with van der Waals surface area (Å²) >= 11 is 0. The van der Waals surface area contributed by atoms with E-state index in [-0.39, 0.29) is 17.4 Å². The van der Waals surface area contributed by atoms with Crippen LogP contribution in [-0.2, 0) is 14.3 Å². The molecule has 0 radical (unpaired) electrons. The number of imidazole rings is 1. The molecule has 6 rings (SSSR count). The number of ether oxygens (including phenoxy) is 2. The number of nitrogens with one attached hydrogen (secondary N) is 1. The number of anilines is 1. The van der Waals surface area contributed by atoms with Gasteiger partial charge in [-0.15, -0.1) is 8.78 Å². The van der Waals surface area contributed by atoms with Crippen LogP contribution in [0.1, 0.15) is 49.9 Å². The Hall–Kier alpha value is -3.76. The number of halogens is 2. The number of carbonyl (C=O) groups excluding carboxylic acids is 1. The lowest BCUT2D eigenvalue weighted by Gasteiger charge is -2.22. The van der Waals surface area contributed by atoms with Crippen molar-refractivity contribution in [1.29, 1.82) is 0 Å². The molecule has 0 bridgehead atoms. The van der Waals surface area contributed by atoms with Gasteiger partial charge in [0, 0.05) is 41.8 Å². The maximum absolute atomic E-state index is 14.0. The minimum atomic E-state index is -3.80. The first kappa shape index (κ1) is 23.6. The fraction of sp³-hybridized carbons (Fsp3) is 0.333. The molecule has 2 fully saturated rings. The summed E-state index contributed by atoms with van der Waals surface area (Å²) in [4.78, 5) is 26.8. The van der Waals surface area contributed by atoms with Gasteiger partial charge in [0.2, 0.25) is 0 Å². The van der Waals surface area contributed by atoms with E-state index >= 15 is 0 Å². The third-order valence-electron chi connectivity index (χ3n) is 6.62. The van der Waals surface area contributed by atoms with Crippen molar-refractivity contribution in [2.75, 3.05) is 5.32 Å². The second kappa shape index (κ2) is 8.97. The standard InChI is InChI=1S/C27H25F2N5O3/c1-15(2)34-11-10-30-25(34)21-4-3-5-23(32-21)33-26(35)19-12-18(13-22-24(19)37-27(28,29)36-22)17-8-9-20(31-14-17)16-6-7-16/h3-5,8-16,22,24H,6-7H2,1-2H3,(H,32,33,35). The van der Waals surface area contributed by atoms with Gasteiger partial charge in [-0.3, -0.25) is 19.3 Å². The van der Waals surface area contributed by atoms with Crippen LogP contribution in [0.15, 0.2) is 66.6 Å². The van der Waals surface area contributed by atoms with Crippen LogP contribution in [0.4, 0.5) is 14.6 Å². The van der Waals surface area contributed by atoms with Crippen molar-refractivity contribution < 1.29 is 23.0 Å². The van der Waals surface area contributed by atoms with Crippen LogP contribution < -0.4 is 5.32 Å². The minimum Gasteiger partial charge on any atom is -0.327 e. The van der Waals surface area contributed by atoms with E-state index in [1.165, 1.54) is 0 Å². The number of fused-ring (bicyclic) bond motifs is 1. The molecule has 2 aliphatic carbocycles. The smallest absolute Gasteiger partial charge is 0.327 e. The third-order valence-corrected chi connectivity index (χ3v) is 6.62. The Morgan fingerprint density at radius 2 is 2.00 bits per heavy atom. The van der Waals surface area contributed by atoms with Gasteiger partial charge in [0.05, 0.1) is 0 Å².